The Morgan fingerprint density at radius 3 is 2.23 bits per heavy atom. The maximum absolute atomic E-state index is 13.0. The molecule has 1 heterocycles. The maximum Gasteiger partial charge on any atom is 0.361 e. The third kappa shape index (κ3) is 5.33. The summed E-state index contributed by atoms with van der Waals surface area (Å²) in [6.07, 6.45) is 0. The zero-order valence-electron chi connectivity index (χ0n) is 20.2. The average Bonchev–Trinajstić information content (AvgIpc) is 2.94. The average molecular weight is 579 g/mol. The summed E-state index contributed by atoms with van der Waals surface area (Å²) in [5.74, 6) is -0.277. The number of benzene rings is 4. The number of nitrogens with zero attached hydrogens (tertiary/aromatic N) is 2. The van der Waals surface area contributed by atoms with Crippen LogP contribution in [0.25, 0.3) is 22.1 Å². The van der Waals surface area contributed by atoms with Crippen molar-refractivity contribution < 1.29 is 30.7 Å². The van der Waals surface area contributed by atoms with Crippen molar-refractivity contribution in [2.24, 2.45) is 0 Å². The van der Waals surface area contributed by atoms with Crippen LogP contribution < -0.4 is 14.1 Å². The van der Waals surface area contributed by atoms with E-state index in [1.807, 2.05) is 30.3 Å². The van der Waals surface area contributed by atoms with E-state index in [9.17, 15) is 32.1 Å². The van der Waals surface area contributed by atoms with Gasteiger partial charge in [0.15, 0.2) is 11.3 Å². The van der Waals surface area contributed by atoms with Crippen molar-refractivity contribution in [3.63, 3.8) is 0 Å². The number of hydrogen-bond acceptors (Lipinski definition) is 8. The van der Waals surface area contributed by atoms with Crippen molar-refractivity contribution in [2.45, 2.75) is 4.90 Å². The molecule has 202 valence electrons. The van der Waals surface area contributed by atoms with E-state index in [1.54, 1.807) is 12.1 Å². The van der Waals surface area contributed by atoms with Crippen LogP contribution in [0.15, 0.2) is 117 Å². The number of nitro benzene ring substituents is 1. The number of hydrogen-bond donors (Lipinski definition) is 1. The molecule has 0 aliphatic carbocycles. The first-order valence-electron chi connectivity index (χ1n) is 11.5. The van der Waals surface area contributed by atoms with E-state index in [-0.39, 0.29) is 33.0 Å². The van der Waals surface area contributed by atoms with Gasteiger partial charge in [-0.1, -0.05) is 60.7 Å². The third-order valence-electron chi connectivity index (χ3n) is 5.81. The molecule has 0 amide bonds. The fraction of sp³-hybridized carbons (Fsp3) is 0. The highest BCUT2D eigenvalue weighted by Crippen LogP contribution is 2.33. The minimum atomic E-state index is -4.34. The molecular weight excluding hydrogens is 560 g/mol. The van der Waals surface area contributed by atoms with E-state index < -0.39 is 37.6 Å². The molecule has 1 aromatic heterocycles. The molecule has 0 aliphatic rings. The Hall–Kier alpha value is -4.85. The van der Waals surface area contributed by atoms with E-state index >= 15 is 0 Å². The lowest BCUT2D eigenvalue weighted by molar-refractivity contribution is -0.384. The van der Waals surface area contributed by atoms with Crippen LogP contribution in [0.2, 0.25) is 0 Å². The van der Waals surface area contributed by atoms with Crippen molar-refractivity contribution in [3.05, 3.63) is 124 Å². The third-order valence-corrected chi connectivity index (χ3v) is 7.77. The van der Waals surface area contributed by atoms with Crippen LogP contribution in [-0.4, -0.2) is 22.1 Å². The maximum atomic E-state index is 13.0. The van der Waals surface area contributed by atoms with E-state index in [0.717, 1.165) is 17.2 Å². The number of rotatable bonds is 8. The quantitative estimate of drug-likeness (QED) is 0.0835. The minimum Gasteiger partial charge on any atom is -0.417 e. The number of non-ortho nitro benzene ring substituents is 1. The van der Waals surface area contributed by atoms with Gasteiger partial charge in [0.1, 0.15) is 10.6 Å². The summed E-state index contributed by atoms with van der Waals surface area (Å²) >= 11 is -2.82. The first-order chi connectivity index (χ1) is 19.1. The molecule has 0 radical (unpaired) electrons. The molecule has 0 saturated carbocycles. The van der Waals surface area contributed by atoms with Crippen molar-refractivity contribution in [2.75, 3.05) is 4.31 Å². The van der Waals surface area contributed by atoms with Crippen molar-refractivity contribution in [3.8, 4) is 16.9 Å². The van der Waals surface area contributed by atoms with Gasteiger partial charge in [-0.05, 0) is 41.5 Å². The molecule has 5 rings (SSSR count). The van der Waals surface area contributed by atoms with E-state index in [2.05, 4.69) is 0 Å². The normalized spacial score (nSPS) is 12.1. The van der Waals surface area contributed by atoms with Gasteiger partial charge in [-0.15, -0.1) is 0 Å². The minimum absolute atomic E-state index is 0.115. The van der Waals surface area contributed by atoms with Gasteiger partial charge in [0, 0.05) is 17.5 Å². The van der Waals surface area contributed by atoms with Crippen LogP contribution in [0.4, 0.5) is 17.1 Å². The summed E-state index contributed by atoms with van der Waals surface area (Å²) in [5, 5.41) is 11.3. The summed E-state index contributed by atoms with van der Waals surface area (Å²) in [6, 6.07) is 25.7. The van der Waals surface area contributed by atoms with Crippen LogP contribution in [0.1, 0.15) is 0 Å². The fourth-order valence-electron chi connectivity index (χ4n) is 3.97. The first-order valence-corrected chi connectivity index (χ1v) is 13.9. The highest BCUT2D eigenvalue weighted by molar-refractivity contribution is 7.87. The lowest BCUT2D eigenvalue weighted by Gasteiger charge is -2.19. The molecule has 0 saturated heterocycles. The Bertz CT molecular complexity index is 1920. The Balaban J connectivity index is 1.51. The largest absolute Gasteiger partial charge is 0.417 e. The van der Waals surface area contributed by atoms with Crippen LogP contribution in [0, 0.1) is 10.1 Å². The van der Waals surface area contributed by atoms with Crippen molar-refractivity contribution >= 4 is 49.4 Å². The summed E-state index contributed by atoms with van der Waals surface area (Å²) in [5.41, 5.74) is -0.512. The second-order valence-electron chi connectivity index (χ2n) is 8.32. The Morgan fingerprint density at radius 1 is 0.875 bits per heavy atom. The topological polar surface area (TPSA) is 157 Å². The molecule has 4 aromatic carbocycles. The standard InChI is InChI=1S/C27H18N2O9S2/c30-27-24(28(39(33)34)21-9-5-10-22(17-21)29(31)32)16-20-8-4-11-25(26(20)37-27)38-40(35,36)23-14-12-19(13-15-23)18-6-2-1-3-7-18/h1-17H,(H,33,34). The fourth-order valence-corrected chi connectivity index (χ4v) is 5.49. The molecule has 0 aliphatic heterocycles. The number of anilines is 2. The van der Waals surface area contributed by atoms with Crippen molar-refractivity contribution in [1.82, 2.24) is 0 Å². The lowest BCUT2D eigenvalue weighted by Crippen LogP contribution is -2.24. The SMILES string of the molecule is O=c1oc2c(OS(=O)(=O)c3ccc(-c4ccccc4)cc3)cccc2cc1N(c1cccc([N+](=O)[O-])c1)S(=O)O. The van der Waals surface area contributed by atoms with Gasteiger partial charge in [-0.2, -0.15) is 8.42 Å². The predicted octanol–water partition coefficient (Wildman–Crippen LogP) is 5.41. The van der Waals surface area contributed by atoms with Gasteiger partial charge in [-0.3, -0.25) is 14.7 Å². The summed E-state index contributed by atoms with van der Waals surface area (Å²) in [4.78, 5) is 23.3. The molecule has 40 heavy (non-hydrogen) atoms. The van der Waals surface area contributed by atoms with Gasteiger partial charge in [0.2, 0.25) is 0 Å². The summed E-state index contributed by atoms with van der Waals surface area (Å²) in [6.45, 7) is 0. The highest BCUT2D eigenvalue weighted by Gasteiger charge is 2.24. The van der Waals surface area contributed by atoms with Gasteiger partial charge >= 0.3 is 15.7 Å². The van der Waals surface area contributed by atoms with Crippen LogP contribution in [0.5, 0.6) is 5.75 Å². The van der Waals surface area contributed by atoms with E-state index in [4.69, 9.17) is 8.60 Å². The molecule has 13 heteroatoms. The molecule has 0 bridgehead atoms. The summed E-state index contributed by atoms with van der Waals surface area (Å²) in [7, 11) is -4.34. The van der Waals surface area contributed by atoms with Crippen LogP contribution in [-0.2, 0) is 21.4 Å². The van der Waals surface area contributed by atoms with Crippen LogP contribution >= 0.6 is 0 Å². The van der Waals surface area contributed by atoms with Gasteiger partial charge in [0.05, 0.1) is 10.6 Å². The second kappa shape index (κ2) is 10.7. The predicted molar refractivity (Wildman–Crippen MR) is 148 cm³/mol. The van der Waals surface area contributed by atoms with E-state index in [0.29, 0.717) is 4.31 Å². The zero-order chi connectivity index (χ0) is 28.4. The monoisotopic (exact) mass is 578 g/mol. The Morgan fingerprint density at radius 2 is 1.55 bits per heavy atom. The van der Waals surface area contributed by atoms with Crippen molar-refractivity contribution in [1.29, 1.82) is 0 Å². The Kier molecular flexibility index (Phi) is 7.17. The molecule has 0 spiro atoms. The lowest BCUT2D eigenvalue weighted by atomic mass is 10.1. The molecule has 1 N–H and O–H groups in total. The molecule has 1 atom stereocenters. The van der Waals surface area contributed by atoms with Gasteiger partial charge in [-0.25, -0.2) is 13.3 Å². The van der Waals surface area contributed by atoms with Gasteiger partial charge in [0.25, 0.3) is 17.0 Å². The smallest absolute Gasteiger partial charge is 0.361 e. The molecule has 5 aromatic rings. The van der Waals surface area contributed by atoms with Crippen LogP contribution in [0.3, 0.4) is 0 Å². The highest BCUT2D eigenvalue weighted by atomic mass is 32.2. The first kappa shape index (κ1) is 26.7. The molecule has 1 unspecified atom stereocenters. The molecular formula is C27H18N2O9S2. The van der Waals surface area contributed by atoms with Gasteiger partial charge < -0.3 is 8.60 Å². The number of para-hydroxylation sites is 1. The van der Waals surface area contributed by atoms with E-state index in [1.165, 1.54) is 54.6 Å². The zero-order valence-corrected chi connectivity index (χ0v) is 21.9. The second-order valence-corrected chi connectivity index (χ2v) is 10.7. The molecule has 11 nitrogen and oxygen atoms in total. The Labute approximate surface area is 229 Å². The summed E-state index contributed by atoms with van der Waals surface area (Å²) < 4.78 is 59.5. The number of nitro groups is 1. The molecule has 0 fully saturated rings. The number of fused-ring (bicyclic) bond motifs is 1.